The molecule has 40 heavy (non-hydrogen) atoms. The number of ether oxygens (including phenoxy) is 3. The van der Waals surface area contributed by atoms with Crippen molar-refractivity contribution in [1.29, 1.82) is 0 Å². The van der Waals surface area contributed by atoms with Gasteiger partial charge < -0.3 is 28.6 Å². The average Bonchev–Trinajstić information content (AvgIpc) is 3.68. The molecule has 0 N–H and O–H groups in total. The number of pyridine rings is 1. The summed E-state index contributed by atoms with van der Waals surface area (Å²) in [7, 11) is 2.06. The number of likely N-dealkylation sites (N-methyl/N-ethyl adjacent to an activating group) is 1. The van der Waals surface area contributed by atoms with Gasteiger partial charge in [0, 0.05) is 43.3 Å². The Morgan fingerprint density at radius 2 is 1.90 bits per heavy atom. The van der Waals surface area contributed by atoms with Crippen LogP contribution >= 0.6 is 11.3 Å². The van der Waals surface area contributed by atoms with E-state index in [0.29, 0.717) is 64.5 Å². The lowest BCUT2D eigenvalue weighted by molar-refractivity contribution is 0.174. The quantitative estimate of drug-likeness (QED) is 0.327. The highest BCUT2D eigenvalue weighted by Gasteiger charge is 2.31. The Morgan fingerprint density at radius 3 is 2.75 bits per heavy atom. The molecular formula is C28H25FN6O4S. The minimum absolute atomic E-state index is 0.0620. The zero-order valence-electron chi connectivity index (χ0n) is 21.9. The number of piperazine rings is 1. The van der Waals surface area contributed by atoms with Gasteiger partial charge in [0.25, 0.3) is 0 Å². The van der Waals surface area contributed by atoms with Gasteiger partial charge in [-0.1, -0.05) is 0 Å². The summed E-state index contributed by atoms with van der Waals surface area (Å²) in [5, 5.41) is 6.97. The molecule has 3 aromatic heterocycles. The zero-order chi connectivity index (χ0) is 27.1. The smallest absolute Gasteiger partial charge is 0.231 e. The Labute approximate surface area is 231 Å². The molecule has 12 heteroatoms. The van der Waals surface area contributed by atoms with Gasteiger partial charge in [-0.15, -0.1) is 16.4 Å². The molecule has 204 valence electrons. The third-order valence-corrected chi connectivity index (χ3v) is 8.77. The summed E-state index contributed by atoms with van der Waals surface area (Å²) in [5.41, 5.74) is 2.77. The fourth-order valence-corrected chi connectivity index (χ4v) is 6.58. The second kappa shape index (κ2) is 8.67. The molecular weight excluding hydrogens is 535 g/mol. The number of anilines is 1. The van der Waals surface area contributed by atoms with Crippen LogP contribution in [0.2, 0.25) is 0 Å². The van der Waals surface area contributed by atoms with E-state index in [1.807, 2.05) is 40.0 Å². The molecule has 10 nitrogen and oxygen atoms in total. The number of halogens is 1. The van der Waals surface area contributed by atoms with Crippen molar-refractivity contribution in [2.24, 2.45) is 0 Å². The molecule has 5 aromatic rings. The third-order valence-electron chi connectivity index (χ3n) is 7.95. The molecule has 1 unspecified atom stereocenters. The minimum atomic E-state index is -0.453. The maximum Gasteiger partial charge on any atom is 0.231 e. The molecule has 1 fully saturated rings. The summed E-state index contributed by atoms with van der Waals surface area (Å²) in [6.45, 7) is 5.62. The standard InChI is InChI=1S/C28H25FN6O4S/c1-15-12-37-26-23-17(10-19(29)24(26)33-7-5-32(2)6-8-33)25(36)18(11-34(15)23)27-30-28-35(31-27)20(13-40-28)16-3-4-21-22(9-16)39-14-38-21/h3-4,9-11,13,15H,5-8,12,14H2,1-2H3. The molecule has 3 aliphatic heterocycles. The van der Waals surface area contributed by atoms with E-state index in [4.69, 9.17) is 24.3 Å². The predicted octanol–water partition coefficient (Wildman–Crippen LogP) is 4.01. The van der Waals surface area contributed by atoms with E-state index < -0.39 is 5.82 Å². The number of nitrogens with zero attached hydrogens (tertiary/aromatic N) is 6. The van der Waals surface area contributed by atoms with Crippen LogP contribution in [0.4, 0.5) is 10.1 Å². The number of fused-ring (bicyclic) bond motifs is 2. The van der Waals surface area contributed by atoms with E-state index in [2.05, 4.69) is 11.9 Å². The Bertz CT molecular complexity index is 1890. The van der Waals surface area contributed by atoms with Crippen LogP contribution in [0.1, 0.15) is 13.0 Å². The van der Waals surface area contributed by atoms with Crippen molar-refractivity contribution < 1.29 is 18.6 Å². The van der Waals surface area contributed by atoms with Gasteiger partial charge in [0.2, 0.25) is 17.2 Å². The molecule has 0 bridgehead atoms. The van der Waals surface area contributed by atoms with Gasteiger partial charge in [-0.25, -0.2) is 8.91 Å². The molecule has 0 aliphatic carbocycles. The lowest BCUT2D eigenvalue weighted by Crippen LogP contribution is -2.45. The second-order valence-electron chi connectivity index (χ2n) is 10.5. The highest BCUT2D eigenvalue weighted by atomic mass is 32.1. The van der Waals surface area contributed by atoms with E-state index >= 15 is 4.39 Å². The van der Waals surface area contributed by atoms with E-state index in [1.165, 1.54) is 17.4 Å². The van der Waals surface area contributed by atoms with E-state index in [1.54, 1.807) is 10.7 Å². The van der Waals surface area contributed by atoms with Crippen molar-refractivity contribution in [3.63, 3.8) is 0 Å². The minimum Gasteiger partial charge on any atom is -0.487 e. The van der Waals surface area contributed by atoms with Crippen molar-refractivity contribution in [1.82, 2.24) is 24.1 Å². The molecule has 0 spiro atoms. The van der Waals surface area contributed by atoms with Gasteiger partial charge in [-0.3, -0.25) is 4.79 Å². The normalized spacial score (nSPS) is 18.6. The molecule has 0 saturated carbocycles. The fraction of sp³-hybridized carbons (Fsp3) is 0.321. The number of rotatable bonds is 3. The summed E-state index contributed by atoms with van der Waals surface area (Å²) in [5.74, 6) is 1.66. The fourth-order valence-electron chi connectivity index (χ4n) is 5.75. The average molecular weight is 561 g/mol. The molecule has 1 saturated heterocycles. The molecule has 3 aliphatic rings. The van der Waals surface area contributed by atoms with Crippen LogP contribution in [0.5, 0.6) is 17.2 Å². The van der Waals surface area contributed by atoms with Crippen molar-refractivity contribution in [2.45, 2.75) is 13.0 Å². The second-order valence-corrected chi connectivity index (χ2v) is 11.3. The molecule has 1 atom stereocenters. The van der Waals surface area contributed by atoms with E-state index in [0.717, 1.165) is 24.3 Å². The lowest BCUT2D eigenvalue weighted by Gasteiger charge is -2.37. The number of thiazole rings is 1. The SMILES string of the molecule is CC1COc2c(N3CCN(C)CC3)c(F)cc3c(=O)c(-c4nc5scc(-c6ccc7c(c6)OCO7)n5n4)cn1c23. The summed E-state index contributed by atoms with van der Waals surface area (Å²) >= 11 is 1.43. The molecule has 0 radical (unpaired) electrons. The first-order valence-electron chi connectivity index (χ1n) is 13.2. The lowest BCUT2D eigenvalue weighted by atomic mass is 10.0. The van der Waals surface area contributed by atoms with Gasteiger partial charge in [0.1, 0.15) is 12.3 Å². The van der Waals surface area contributed by atoms with Crippen molar-refractivity contribution >= 4 is 32.9 Å². The van der Waals surface area contributed by atoms with Crippen LogP contribution in [0.15, 0.2) is 40.6 Å². The maximum absolute atomic E-state index is 15.7. The first-order chi connectivity index (χ1) is 19.5. The largest absolute Gasteiger partial charge is 0.487 e. The van der Waals surface area contributed by atoms with Crippen LogP contribution in [0.25, 0.3) is 38.5 Å². The third kappa shape index (κ3) is 3.45. The van der Waals surface area contributed by atoms with Crippen LogP contribution in [-0.4, -0.2) is 70.7 Å². The van der Waals surface area contributed by atoms with E-state index in [9.17, 15) is 4.79 Å². The molecule has 6 heterocycles. The molecule has 2 aromatic carbocycles. The summed E-state index contributed by atoms with van der Waals surface area (Å²) in [6.07, 6.45) is 1.80. The Kier molecular flexibility index (Phi) is 5.14. The first-order valence-corrected chi connectivity index (χ1v) is 14.1. The van der Waals surface area contributed by atoms with Gasteiger partial charge >= 0.3 is 0 Å². The van der Waals surface area contributed by atoms with Crippen LogP contribution in [-0.2, 0) is 0 Å². The maximum atomic E-state index is 15.7. The number of hydrogen-bond acceptors (Lipinski definition) is 9. The van der Waals surface area contributed by atoms with Crippen LogP contribution in [0, 0.1) is 5.82 Å². The first kappa shape index (κ1) is 23.7. The molecule has 8 rings (SSSR count). The van der Waals surface area contributed by atoms with Crippen LogP contribution < -0.4 is 24.5 Å². The van der Waals surface area contributed by atoms with Crippen LogP contribution in [0.3, 0.4) is 0 Å². The van der Waals surface area contributed by atoms with Gasteiger partial charge in [0.05, 0.1) is 28.2 Å². The van der Waals surface area contributed by atoms with Gasteiger partial charge in [-0.2, -0.15) is 4.98 Å². The highest BCUT2D eigenvalue weighted by molar-refractivity contribution is 7.15. The molecule has 0 amide bonds. The van der Waals surface area contributed by atoms with Gasteiger partial charge in [-0.05, 0) is 38.2 Å². The van der Waals surface area contributed by atoms with Crippen molar-refractivity contribution in [3.8, 4) is 39.9 Å². The highest BCUT2D eigenvalue weighted by Crippen LogP contribution is 2.43. The Hall–Kier alpha value is -4.16. The summed E-state index contributed by atoms with van der Waals surface area (Å²) in [4.78, 5) is 23.4. The topological polar surface area (TPSA) is 86.4 Å². The number of hydrogen-bond donors (Lipinski definition) is 0. The van der Waals surface area contributed by atoms with Gasteiger partial charge in [0.15, 0.2) is 28.9 Å². The Morgan fingerprint density at radius 1 is 1.07 bits per heavy atom. The number of aromatic nitrogens is 4. The Balaban J connectivity index is 1.27. The zero-order valence-corrected chi connectivity index (χ0v) is 22.7. The predicted molar refractivity (Wildman–Crippen MR) is 149 cm³/mol. The monoisotopic (exact) mass is 560 g/mol. The van der Waals surface area contributed by atoms with Crippen molar-refractivity contribution in [3.05, 3.63) is 51.9 Å². The number of benzene rings is 2. The van der Waals surface area contributed by atoms with Crippen molar-refractivity contribution in [2.75, 3.05) is 51.5 Å². The summed E-state index contributed by atoms with van der Waals surface area (Å²) < 4.78 is 36.6. The summed E-state index contributed by atoms with van der Waals surface area (Å²) in [6, 6.07) is 7.01. The van der Waals surface area contributed by atoms with E-state index in [-0.39, 0.29) is 23.6 Å².